The third kappa shape index (κ3) is 3.37. The van der Waals surface area contributed by atoms with Gasteiger partial charge in [0.25, 0.3) is 5.91 Å². The van der Waals surface area contributed by atoms with Gasteiger partial charge >= 0.3 is 0 Å². The lowest BCUT2D eigenvalue weighted by Crippen LogP contribution is -2.24. The third-order valence-corrected chi connectivity index (χ3v) is 3.93. The second-order valence-corrected chi connectivity index (χ2v) is 5.42. The highest BCUT2D eigenvalue weighted by atomic mass is 16.5. The van der Waals surface area contributed by atoms with Crippen molar-refractivity contribution in [2.24, 2.45) is 0 Å². The van der Waals surface area contributed by atoms with E-state index in [9.17, 15) is 4.79 Å². The Hall–Kier alpha value is -2.75. The molecule has 118 valence electrons. The predicted molar refractivity (Wildman–Crippen MR) is 91.9 cm³/mol. The fourth-order valence-electron chi connectivity index (χ4n) is 2.74. The summed E-state index contributed by atoms with van der Waals surface area (Å²) in [5.74, 6) is 0.859. The van der Waals surface area contributed by atoms with Gasteiger partial charge in [-0.2, -0.15) is 0 Å². The largest absolute Gasteiger partial charge is 0.496 e. The average molecular weight is 308 g/mol. The number of aromatic amines is 1. The van der Waals surface area contributed by atoms with Crippen LogP contribution in [0.15, 0.2) is 54.7 Å². The second-order valence-electron chi connectivity index (χ2n) is 5.42. The van der Waals surface area contributed by atoms with Gasteiger partial charge in [-0.1, -0.05) is 36.4 Å². The van der Waals surface area contributed by atoms with Crippen LogP contribution in [0.25, 0.3) is 10.9 Å². The molecule has 0 aliphatic carbocycles. The highest BCUT2D eigenvalue weighted by Gasteiger charge is 2.10. The summed E-state index contributed by atoms with van der Waals surface area (Å²) < 4.78 is 5.34. The monoisotopic (exact) mass is 308 g/mol. The number of ether oxygens (including phenoxy) is 1. The number of amides is 1. The van der Waals surface area contributed by atoms with E-state index in [2.05, 4.69) is 16.4 Å². The minimum absolute atomic E-state index is 0.0394. The maximum atomic E-state index is 12.3. The fourth-order valence-corrected chi connectivity index (χ4v) is 2.74. The van der Waals surface area contributed by atoms with Crippen molar-refractivity contribution in [3.05, 3.63) is 65.9 Å². The van der Waals surface area contributed by atoms with E-state index >= 15 is 0 Å². The number of aryl methyl sites for hydroxylation is 1. The number of carbonyl (C=O) groups excluding carboxylic acids is 1. The van der Waals surface area contributed by atoms with Crippen LogP contribution in [0.3, 0.4) is 0 Å². The molecule has 1 aromatic heterocycles. The van der Waals surface area contributed by atoms with Gasteiger partial charge in [-0.25, -0.2) is 0 Å². The zero-order chi connectivity index (χ0) is 16.1. The molecule has 1 heterocycles. The van der Waals surface area contributed by atoms with Gasteiger partial charge < -0.3 is 15.0 Å². The molecule has 1 amide bonds. The molecule has 0 bridgehead atoms. The number of H-pyrrole nitrogens is 1. The number of hydrogen-bond donors (Lipinski definition) is 2. The number of fused-ring (bicyclic) bond motifs is 1. The summed E-state index contributed by atoms with van der Waals surface area (Å²) >= 11 is 0. The lowest BCUT2D eigenvalue weighted by atomic mass is 10.1. The van der Waals surface area contributed by atoms with Gasteiger partial charge in [0.05, 0.1) is 12.7 Å². The van der Waals surface area contributed by atoms with E-state index in [-0.39, 0.29) is 5.91 Å². The summed E-state index contributed by atoms with van der Waals surface area (Å²) in [6, 6.07) is 15.8. The zero-order valence-corrected chi connectivity index (χ0v) is 13.1. The Kier molecular flexibility index (Phi) is 4.62. The Morgan fingerprint density at radius 3 is 2.78 bits per heavy atom. The maximum Gasteiger partial charge on any atom is 0.253 e. The summed E-state index contributed by atoms with van der Waals surface area (Å²) in [7, 11) is 1.68. The molecule has 2 aromatic carbocycles. The predicted octanol–water partition coefficient (Wildman–Crippen LogP) is 3.54. The first-order valence-electron chi connectivity index (χ1n) is 7.76. The smallest absolute Gasteiger partial charge is 0.253 e. The molecular formula is C19H20N2O2. The summed E-state index contributed by atoms with van der Waals surface area (Å²) in [5, 5.41) is 3.94. The number of carbonyl (C=O) groups is 1. The van der Waals surface area contributed by atoms with Gasteiger partial charge in [0, 0.05) is 23.6 Å². The van der Waals surface area contributed by atoms with Crippen molar-refractivity contribution in [3.63, 3.8) is 0 Å². The van der Waals surface area contributed by atoms with Crippen LogP contribution in [0.5, 0.6) is 5.75 Å². The molecule has 23 heavy (non-hydrogen) atoms. The Bertz CT molecular complexity index is 808. The number of rotatable bonds is 6. The molecular weight excluding hydrogens is 288 g/mol. The molecule has 3 aromatic rings. The standard InChI is InChI=1S/C19H20N2O2/c1-23-18-11-5-2-7-14(18)8-6-12-20-19(22)16-13-21-17-10-4-3-9-15(16)17/h2-5,7,9-11,13,21H,6,8,12H2,1H3,(H,20,22). The lowest BCUT2D eigenvalue weighted by molar-refractivity contribution is 0.0955. The van der Waals surface area contributed by atoms with Crippen LogP contribution in [0.2, 0.25) is 0 Å². The molecule has 4 nitrogen and oxygen atoms in total. The highest BCUT2D eigenvalue weighted by molar-refractivity contribution is 6.06. The van der Waals surface area contributed by atoms with Crippen molar-refractivity contribution >= 4 is 16.8 Å². The SMILES string of the molecule is COc1ccccc1CCCNC(=O)c1c[nH]c2ccccc12. The van der Waals surface area contributed by atoms with Crippen molar-refractivity contribution in [1.82, 2.24) is 10.3 Å². The van der Waals surface area contributed by atoms with Crippen LogP contribution >= 0.6 is 0 Å². The molecule has 0 saturated heterocycles. The second kappa shape index (κ2) is 7.01. The number of para-hydroxylation sites is 2. The fraction of sp³-hybridized carbons (Fsp3) is 0.211. The first-order valence-corrected chi connectivity index (χ1v) is 7.76. The van der Waals surface area contributed by atoms with E-state index in [0.29, 0.717) is 12.1 Å². The molecule has 0 aliphatic rings. The molecule has 0 aliphatic heterocycles. The molecule has 3 rings (SSSR count). The molecule has 0 radical (unpaired) electrons. The van der Waals surface area contributed by atoms with Gasteiger partial charge in [0.2, 0.25) is 0 Å². The van der Waals surface area contributed by atoms with Crippen LogP contribution in [-0.2, 0) is 6.42 Å². The zero-order valence-electron chi connectivity index (χ0n) is 13.1. The van der Waals surface area contributed by atoms with Crippen molar-refractivity contribution in [3.8, 4) is 5.75 Å². The van der Waals surface area contributed by atoms with E-state index < -0.39 is 0 Å². The topological polar surface area (TPSA) is 54.1 Å². The first-order chi connectivity index (χ1) is 11.3. The minimum atomic E-state index is -0.0394. The van der Waals surface area contributed by atoms with Gasteiger partial charge in [0.1, 0.15) is 5.75 Å². The van der Waals surface area contributed by atoms with E-state index in [1.165, 1.54) is 0 Å². The number of hydrogen-bond acceptors (Lipinski definition) is 2. The normalized spacial score (nSPS) is 10.7. The van der Waals surface area contributed by atoms with Gasteiger partial charge in [-0.15, -0.1) is 0 Å². The van der Waals surface area contributed by atoms with E-state index in [0.717, 1.165) is 35.1 Å². The van der Waals surface area contributed by atoms with Crippen LogP contribution in [0.4, 0.5) is 0 Å². The van der Waals surface area contributed by atoms with Crippen LogP contribution in [0.1, 0.15) is 22.3 Å². The van der Waals surface area contributed by atoms with Crippen LogP contribution < -0.4 is 10.1 Å². The summed E-state index contributed by atoms with van der Waals surface area (Å²) in [6.45, 7) is 0.635. The van der Waals surface area contributed by atoms with Crippen LogP contribution in [-0.4, -0.2) is 24.5 Å². The Balaban J connectivity index is 1.55. The molecule has 0 saturated carbocycles. The molecule has 0 atom stereocenters. The van der Waals surface area contributed by atoms with Crippen molar-refractivity contribution in [2.45, 2.75) is 12.8 Å². The number of methoxy groups -OCH3 is 1. The summed E-state index contributed by atoms with van der Waals surface area (Å²) in [6.07, 6.45) is 3.51. The minimum Gasteiger partial charge on any atom is -0.496 e. The third-order valence-electron chi connectivity index (χ3n) is 3.93. The van der Waals surface area contributed by atoms with Gasteiger partial charge in [0.15, 0.2) is 0 Å². The molecule has 0 unspecified atom stereocenters. The number of nitrogens with one attached hydrogen (secondary N) is 2. The van der Waals surface area contributed by atoms with E-state index in [1.54, 1.807) is 13.3 Å². The Labute approximate surface area is 135 Å². The number of aromatic nitrogens is 1. The molecule has 2 N–H and O–H groups in total. The van der Waals surface area contributed by atoms with E-state index in [4.69, 9.17) is 4.74 Å². The lowest BCUT2D eigenvalue weighted by Gasteiger charge is -2.08. The number of benzene rings is 2. The highest BCUT2D eigenvalue weighted by Crippen LogP contribution is 2.19. The van der Waals surface area contributed by atoms with Crippen molar-refractivity contribution in [1.29, 1.82) is 0 Å². The molecule has 0 spiro atoms. The Morgan fingerprint density at radius 2 is 1.91 bits per heavy atom. The quantitative estimate of drug-likeness (QED) is 0.684. The van der Waals surface area contributed by atoms with Crippen LogP contribution in [0, 0.1) is 0 Å². The Morgan fingerprint density at radius 1 is 1.13 bits per heavy atom. The molecule has 0 fully saturated rings. The van der Waals surface area contributed by atoms with Crippen molar-refractivity contribution < 1.29 is 9.53 Å². The summed E-state index contributed by atoms with van der Waals surface area (Å²) in [5.41, 5.74) is 2.83. The molecule has 4 heteroatoms. The van der Waals surface area contributed by atoms with E-state index in [1.807, 2.05) is 42.5 Å². The maximum absolute atomic E-state index is 12.3. The van der Waals surface area contributed by atoms with Gasteiger partial charge in [-0.3, -0.25) is 4.79 Å². The average Bonchev–Trinajstić information content (AvgIpc) is 3.03. The van der Waals surface area contributed by atoms with Gasteiger partial charge in [-0.05, 0) is 30.5 Å². The van der Waals surface area contributed by atoms with Crippen molar-refractivity contribution in [2.75, 3.05) is 13.7 Å². The first kappa shape index (κ1) is 15.2. The summed E-state index contributed by atoms with van der Waals surface area (Å²) in [4.78, 5) is 15.4.